The van der Waals surface area contributed by atoms with E-state index in [1.807, 2.05) is 0 Å². The van der Waals surface area contributed by atoms with Crippen LogP contribution in [0.2, 0.25) is 5.02 Å². The number of anilines is 1. The van der Waals surface area contributed by atoms with Crippen molar-refractivity contribution in [2.45, 2.75) is 0 Å². The zero-order valence-electron chi connectivity index (χ0n) is 16.0. The second-order valence-corrected chi connectivity index (χ2v) is 7.43. The van der Waals surface area contributed by atoms with Gasteiger partial charge in [0.25, 0.3) is 11.8 Å². The molecule has 0 bridgehead atoms. The normalized spacial score (nSPS) is 15.2. The minimum absolute atomic E-state index is 0.0194. The van der Waals surface area contributed by atoms with Crippen molar-refractivity contribution in [2.75, 3.05) is 4.90 Å². The Morgan fingerprint density at radius 2 is 1.84 bits per heavy atom. The summed E-state index contributed by atoms with van der Waals surface area (Å²) in [6.45, 7) is 0. The maximum atomic E-state index is 13.2. The smallest absolute Gasteiger partial charge is 0.335 e. The zero-order chi connectivity index (χ0) is 23.0. The van der Waals surface area contributed by atoms with Crippen molar-refractivity contribution in [3.05, 3.63) is 82.3 Å². The highest BCUT2D eigenvalue weighted by atomic mass is 35.5. The number of rotatable bonds is 4. The van der Waals surface area contributed by atoms with Crippen LogP contribution in [-0.2, 0) is 9.59 Å². The van der Waals surface area contributed by atoms with Crippen LogP contribution in [0.3, 0.4) is 0 Å². The third-order valence-corrected chi connectivity index (χ3v) is 5.19. The fourth-order valence-electron chi connectivity index (χ4n) is 3.05. The molecule has 1 aromatic heterocycles. The second kappa shape index (κ2) is 8.37. The van der Waals surface area contributed by atoms with Crippen molar-refractivity contribution in [3.8, 4) is 11.3 Å². The average Bonchev–Trinajstić information content (AvgIpc) is 3.21. The number of furan rings is 1. The highest BCUT2D eigenvalue weighted by Crippen LogP contribution is 2.31. The molecule has 3 aromatic rings. The summed E-state index contributed by atoms with van der Waals surface area (Å²) in [6, 6.07) is 12.2. The van der Waals surface area contributed by atoms with Crippen LogP contribution in [-0.4, -0.2) is 28.0 Å². The number of carbonyl (C=O) groups is 3. The van der Waals surface area contributed by atoms with E-state index in [1.165, 1.54) is 60.7 Å². The van der Waals surface area contributed by atoms with Crippen LogP contribution in [0.15, 0.2) is 64.6 Å². The average molecular weight is 471 g/mol. The summed E-state index contributed by atoms with van der Waals surface area (Å²) in [4.78, 5) is 37.7. The molecule has 32 heavy (non-hydrogen) atoms. The lowest BCUT2D eigenvalue weighted by Gasteiger charge is -2.28. The summed E-state index contributed by atoms with van der Waals surface area (Å²) < 4.78 is 18.9. The minimum atomic E-state index is -1.13. The van der Waals surface area contributed by atoms with E-state index in [1.54, 1.807) is 0 Å². The van der Waals surface area contributed by atoms with Crippen LogP contribution >= 0.6 is 23.8 Å². The number of halogens is 2. The van der Waals surface area contributed by atoms with Gasteiger partial charge in [-0.1, -0.05) is 11.6 Å². The maximum Gasteiger partial charge on any atom is 0.335 e. The van der Waals surface area contributed by atoms with Gasteiger partial charge in [0.05, 0.1) is 16.3 Å². The van der Waals surface area contributed by atoms with Gasteiger partial charge in [0, 0.05) is 5.56 Å². The molecule has 10 heteroatoms. The molecule has 2 N–H and O–H groups in total. The maximum absolute atomic E-state index is 13.2. The van der Waals surface area contributed by atoms with Crippen molar-refractivity contribution in [2.24, 2.45) is 0 Å². The Bertz CT molecular complexity index is 1320. The number of thiocarbonyl (C=S) groups is 1. The molecule has 1 saturated heterocycles. The summed E-state index contributed by atoms with van der Waals surface area (Å²) in [5, 5.41) is 11.7. The van der Waals surface area contributed by atoms with E-state index in [-0.39, 0.29) is 38.5 Å². The van der Waals surface area contributed by atoms with E-state index in [4.69, 9.17) is 28.2 Å². The number of nitrogens with zero attached hydrogens (tertiary/aromatic N) is 1. The lowest BCUT2D eigenvalue weighted by Crippen LogP contribution is -2.54. The highest BCUT2D eigenvalue weighted by molar-refractivity contribution is 7.80. The van der Waals surface area contributed by atoms with E-state index < -0.39 is 23.6 Å². The molecule has 0 saturated carbocycles. The summed E-state index contributed by atoms with van der Waals surface area (Å²) >= 11 is 11.3. The van der Waals surface area contributed by atoms with E-state index in [0.29, 0.717) is 5.56 Å². The van der Waals surface area contributed by atoms with E-state index in [2.05, 4.69) is 5.32 Å². The molecule has 2 aromatic carbocycles. The first-order valence-electron chi connectivity index (χ1n) is 9.04. The Hall–Kier alpha value is -3.82. The van der Waals surface area contributed by atoms with Gasteiger partial charge in [-0.05, 0) is 72.9 Å². The number of benzene rings is 2. The largest absolute Gasteiger partial charge is 0.478 e. The number of hydrogen-bond acceptors (Lipinski definition) is 5. The SMILES string of the molecule is O=C1NC(=S)N(c2ccc(F)cc2)C(=O)C1=Cc1ccc(-c2cc(C(=O)O)ccc2Cl)o1. The molecular formula is C22H12ClFN2O5S. The predicted octanol–water partition coefficient (Wildman–Crippen LogP) is 4.27. The Balaban J connectivity index is 1.69. The molecular weight excluding hydrogens is 459 g/mol. The van der Waals surface area contributed by atoms with Gasteiger partial charge in [-0.15, -0.1) is 0 Å². The number of nitrogens with one attached hydrogen (secondary N) is 1. The summed E-state index contributed by atoms with van der Waals surface area (Å²) in [6.07, 6.45) is 1.23. The van der Waals surface area contributed by atoms with Gasteiger partial charge in [-0.2, -0.15) is 0 Å². The molecule has 0 spiro atoms. The second-order valence-electron chi connectivity index (χ2n) is 6.64. The molecule has 0 radical (unpaired) electrons. The van der Waals surface area contributed by atoms with Gasteiger partial charge < -0.3 is 9.52 Å². The van der Waals surface area contributed by atoms with Crippen LogP contribution in [0.4, 0.5) is 10.1 Å². The standard InChI is InChI=1S/C22H12ClFN2O5S/c23-17-7-1-11(21(29)30)9-15(17)18-8-6-14(31-18)10-16-19(27)25-22(32)26(20(16)28)13-4-2-12(24)3-5-13/h1-10H,(H,29,30)(H,25,27,32). The Morgan fingerprint density at radius 1 is 1.12 bits per heavy atom. The fourth-order valence-corrected chi connectivity index (χ4v) is 3.54. The molecule has 0 aliphatic carbocycles. The van der Waals surface area contributed by atoms with E-state index >= 15 is 0 Å². The van der Waals surface area contributed by atoms with Gasteiger partial charge in [0.1, 0.15) is 22.9 Å². The first kappa shape index (κ1) is 21.4. The van der Waals surface area contributed by atoms with Crippen LogP contribution < -0.4 is 10.2 Å². The number of aromatic carboxylic acids is 1. The van der Waals surface area contributed by atoms with Crippen molar-refractivity contribution < 1.29 is 28.3 Å². The monoisotopic (exact) mass is 470 g/mol. The van der Waals surface area contributed by atoms with Crippen molar-refractivity contribution in [1.29, 1.82) is 0 Å². The summed E-state index contributed by atoms with van der Waals surface area (Å²) in [5.41, 5.74) is 0.384. The highest BCUT2D eigenvalue weighted by Gasteiger charge is 2.34. The van der Waals surface area contributed by atoms with Crippen molar-refractivity contribution in [3.63, 3.8) is 0 Å². The molecule has 1 fully saturated rings. The van der Waals surface area contributed by atoms with Gasteiger partial charge in [-0.25, -0.2) is 9.18 Å². The third-order valence-electron chi connectivity index (χ3n) is 4.58. The topological polar surface area (TPSA) is 99.9 Å². The van der Waals surface area contributed by atoms with E-state index in [0.717, 1.165) is 4.90 Å². The summed E-state index contributed by atoms with van der Waals surface area (Å²) in [5.74, 6) is -2.64. The van der Waals surface area contributed by atoms with Gasteiger partial charge in [0.15, 0.2) is 5.11 Å². The number of carboxylic acid groups (broad SMARTS) is 1. The van der Waals surface area contributed by atoms with Crippen LogP contribution in [0.25, 0.3) is 17.4 Å². The lowest BCUT2D eigenvalue weighted by atomic mass is 10.1. The molecule has 2 amide bonds. The molecule has 7 nitrogen and oxygen atoms in total. The molecule has 4 rings (SSSR count). The predicted molar refractivity (Wildman–Crippen MR) is 119 cm³/mol. The van der Waals surface area contributed by atoms with Crippen molar-refractivity contribution in [1.82, 2.24) is 5.32 Å². The number of hydrogen-bond donors (Lipinski definition) is 2. The first-order valence-corrected chi connectivity index (χ1v) is 9.83. The Morgan fingerprint density at radius 3 is 2.53 bits per heavy atom. The van der Waals surface area contributed by atoms with Crippen molar-refractivity contribution >= 4 is 58.5 Å². The van der Waals surface area contributed by atoms with Gasteiger partial charge in [0.2, 0.25) is 0 Å². The molecule has 0 unspecified atom stereocenters. The van der Waals surface area contributed by atoms with Crippen LogP contribution in [0, 0.1) is 5.82 Å². The Kier molecular flexibility index (Phi) is 5.60. The molecule has 1 aliphatic rings. The summed E-state index contributed by atoms with van der Waals surface area (Å²) in [7, 11) is 0. The number of carboxylic acids is 1. The number of carbonyl (C=O) groups excluding carboxylic acids is 2. The molecule has 0 atom stereocenters. The van der Waals surface area contributed by atoms with Crippen LogP contribution in [0.5, 0.6) is 0 Å². The first-order chi connectivity index (χ1) is 15.2. The third kappa shape index (κ3) is 4.03. The van der Waals surface area contributed by atoms with Crippen LogP contribution in [0.1, 0.15) is 16.1 Å². The molecule has 160 valence electrons. The quantitative estimate of drug-likeness (QED) is 0.335. The van der Waals surface area contributed by atoms with Gasteiger partial charge in [-0.3, -0.25) is 19.8 Å². The lowest BCUT2D eigenvalue weighted by molar-refractivity contribution is -0.122. The Labute approximate surface area is 190 Å². The zero-order valence-corrected chi connectivity index (χ0v) is 17.5. The fraction of sp³-hybridized carbons (Fsp3) is 0. The molecule has 1 aliphatic heterocycles. The minimum Gasteiger partial charge on any atom is -0.478 e. The molecule has 2 heterocycles. The van der Waals surface area contributed by atoms with Gasteiger partial charge >= 0.3 is 5.97 Å². The van der Waals surface area contributed by atoms with E-state index in [9.17, 15) is 23.9 Å². The number of amides is 2.